The van der Waals surface area contributed by atoms with Gasteiger partial charge in [0.2, 0.25) is 0 Å². The third kappa shape index (κ3) is 4.07. The van der Waals surface area contributed by atoms with Crippen LogP contribution in [0.15, 0.2) is 0 Å². The Morgan fingerprint density at radius 2 is 2.23 bits per heavy atom. The molecule has 1 rings (SSSR count). The molecule has 1 fully saturated rings. The summed E-state index contributed by atoms with van der Waals surface area (Å²) in [6.07, 6.45) is 2.47. The lowest BCUT2D eigenvalue weighted by atomic mass is 9.97. The highest BCUT2D eigenvalue weighted by molar-refractivity contribution is 4.78. The first-order valence-electron chi connectivity index (χ1n) is 5.16. The predicted molar refractivity (Wildman–Crippen MR) is 54.5 cm³/mol. The standard InChI is InChI=1S/C10H22N2O/c1-10(2,13)8-12-5-3-4-9(6-11)7-12/h9,13H,3-8,11H2,1-2H3. The fourth-order valence-electron chi connectivity index (χ4n) is 2.03. The second-order valence-corrected chi connectivity index (χ2v) is 4.79. The molecule has 0 aromatic rings. The van der Waals surface area contributed by atoms with E-state index in [9.17, 15) is 5.11 Å². The summed E-state index contributed by atoms with van der Waals surface area (Å²) in [6, 6.07) is 0. The lowest BCUT2D eigenvalue weighted by Crippen LogP contribution is -2.45. The first-order valence-corrected chi connectivity index (χ1v) is 5.16. The minimum atomic E-state index is -0.573. The Morgan fingerprint density at radius 3 is 2.77 bits per heavy atom. The van der Waals surface area contributed by atoms with Crippen molar-refractivity contribution in [3.05, 3.63) is 0 Å². The van der Waals surface area contributed by atoms with Gasteiger partial charge in [0.05, 0.1) is 5.60 Å². The normalized spacial score (nSPS) is 26.3. The lowest BCUT2D eigenvalue weighted by Gasteiger charge is -2.35. The van der Waals surface area contributed by atoms with E-state index in [2.05, 4.69) is 4.90 Å². The number of nitrogens with zero attached hydrogens (tertiary/aromatic N) is 1. The smallest absolute Gasteiger partial charge is 0.0718 e. The summed E-state index contributed by atoms with van der Waals surface area (Å²) in [6.45, 7) is 7.44. The second kappa shape index (κ2) is 4.40. The SMILES string of the molecule is CC(C)(O)CN1CCCC(CN)C1. The van der Waals surface area contributed by atoms with Crippen LogP contribution in [-0.4, -0.2) is 41.8 Å². The molecule has 0 saturated carbocycles. The van der Waals surface area contributed by atoms with Crippen molar-refractivity contribution in [2.75, 3.05) is 26.2 Å². The zero-order chi connectivity index (χ0) is 9.90. The summed E-state index contributed by atoms with van der Waals surface area (Å²) in [5.74, 6) is 0.635. The Labute approximate surface area is 80.9 Å². The zero-order valence-electron chi connectivity index (χ0n) is 8.79. The van der Waals surface area contributed by atoms with Gasteiger partial charge in [-0.1, -0.05) is 0 Å². The van der Waals surface area contributed by atoms with Gasteiger partial charge in [0.25, 0.3) is 0 Å². The van der Waals surface area contributed by atoms with Crippen LogP contribution >= 0.6 is 0 Å². The third-order valence-corrected chi connectivity index (χ3v) is 2.55. The van der Waals surface area contributed by atoms with E-state index in [0.29, 0.717) is 5.92 Å². The molecule has 13 heavy (non-hydrogen) atoms. The van der Waals surface area contributed by atoms with E-state index in [1.165, 1.54) is 12.8 Å². The van der Waals surface area contributed by atoms with Crippen LogP contribution in [0.25, 0.3) is 0 Å². The topological polar surface area (TPSA) is 49.5 Å². The van der Waals surface area contributed by atoms with Crippen LogP contribution in [0.4, 0.5) is 0 Å². The molecule has 0 aromatic heterocycles. The lowest BCUT2D eigenvalue weighted by molar-refractivity contribution is 0.0223. The Bertz CT molecular complexity index is 153. The highest BCUT2D eigenvalue weighted by Crippen LogP contribution is 2.17. The molecule has 3 nitrogen and oxygen atoms in total. The van der Waals surface area contributed by atoms with E-state index in [1.54, 1.807) is 0 Å². The molecule has 0 aromatic carbocycles. The molecule has 78 valence electrons. The van der Waals surface area contributed by atoms with Gasteiger partial charge in [0.1, 0.15) is 0 Å². The molecule has 0 bridgehead atoms. The molecule has 1 heterocycles. The first-order chi connectivity index (χ1) is 6.01. The number of hydrogen-bond acceptors (Lipinski definition) is 3. The minimum Gasteiger partial charge on any atom is -0.389 e. The monoisotopic (exact) mass is 186 g/mol. The minimum absolute atomic E-state index is 0.573. The van der Waals surface area contributed by atoms with Crippen LogP contribution in [-0.2, 0) is 0 Å². The largest absolute Gasteiger partial charge is 0.389 e. The Kier molecular flexibility index (Phi) is 3.71. The van der Waals surface area contributed by atoms with Gasteiger partial charge in [-0.05, 0) is 45.7 Å². The molecule has 0 spiro atoms. The van der Waals surface area contributed by atoms with Gasteiger partial charge in [-0.2, -0.15) is 0 Å². The molecule has 1 unspecified atom stereocenters. The van der Waals surface area contributed by atoms with Gasteiger partial charge in [0, 0.05) is 13.1 Å². The van der Waals surface area contributed by atoms with Crippen LogP contribution in [0.5, 0.6) is 0 Å². The van der Waals surface area contributed by atoms with Gasteiger partial charge in [0.15, 0.2) is 0 Å². The summed E-state index contributed by atoms with van der Waals surface area (Å²) in [5.41, 5.74) is 5.07. The molecule has 0 aliphatic carbocycles. The van der Waals surface area contributed by atoms with E-state index >= 15 is 0 Å². The van der Waals surface area contributed by atoms with E-state index < -0.39 is 5.60 Å². The Morgan fingerprint density at radius 1 is 1.54 bits per heavy atom. The van der Waals surface area contributed by atoms with Crippen molar-refractivity contribution in [1.29, 1.82) is 0 Å². The van der Waals surface area contributed by atoms with Crippen molar-refractivity contribution in [2.45, 2.75) is 32.3 Å². The molecule has 3 heteroatoms. The predicted octanol–water partition coefficient (Wildman–Crippen LogP) is 0.428. The number of nitrogens with two attached hydrogens (primary N) is 1. The highest BCUT2D eigenvalue weighted by atomic mass is 16.3. The summed E-state index contributed by atoms with van der Waals surface area (Å²) in [7, 11) is 0. The summed E-state index contributed by atoms with van der Waals surface area (Å²) in [5, 5.41) is 9.66. The van der Waals surface area contributed by atoms with E-state index in [0.717, 1.165) is 26.2 Å². The fraction of sp³-hybridized carbons (Fsp3) is 1.00. The van der Waals surface area contributed by atoms with Crippen molar-refractivity contribution < 1.29 is 5.11 Å². The first kappa shape index (κ1) is 11.0. The van der Waals surface area contributed by atoms with E-state index in [1.807, 2.05) is 13.8 Å². The van der Waals surface area contributed by atoms with E-state index in [4.69, 9.17) is 5.73 Å². The molecule has 1 aliphatic heterocycles. The van der Waals surface area contributed by atoms with Crippen LogP contribution in [0.2, 0.25) is 0 Å². The average Bonchev–Trinajstić information content (AvgIpc) is 2.01. The van der Waals surface area contributed by atoms with Crippen LogP contribution in [0.3, 0.4) is 0 Å². The van der Waals surface area contributed by atoms with Crippen molar-refractivity contribution >= 4 is 0 Å². The molecule has 1 saturated heterocycles. The second-order valence-electron chi connectivity index (χ2n) is 4.79. The molecule has 1 atom stereocenters. The number of rotatable bonds is 3. The quantitative estimate of drug-likeness (QED) is 0.672. The van der Waals surface area contributed by atoms with Crippen molar-refractivity contribution in [3.8, 4) is 0 Å². The fourth-order valence-corrected chi connectivity index (χ4v) is 2.03. The Balaban J connectivity index is 2.34. The van der Waals surface area contributed by atoms with Gasteiger partial charge >= 0.3 is 0 Å². The van der Waals surface area contributed by atoms with Gasteiger partial charge in [-0.3, -0.25) is 0 Å². The number of aliphatic hydroxyl groups is 1. The zero-order valence-corrected chi connectivity index (χ0v) is 8.79. The molecule has 1 aliphatic rings. The highest BCUT2D eigenvalue weighted by Gasteiger charge is 2.23. The summed E-state index contributed by atoms with van der Waals surface area (Å²) >= 11 is 0. The maximum absolute atomic E-state index is 9.66. The van der Waals surface area contributed by atoms with Gasteiger partial charge in [-0.25, -0.2) is 0 Å². The van der Waals surface area contributed by atoms with E-state index in [-0.39, 0.29) is 0 Å². The van der Waals surface area contributed by atoms with Crippen LogP contribution in [0, 0.1) is 5.92 Å². The third-order valence-electron chi connectivity index (χ3n) is 2.55. The van der Waals surface area contributed by atoms with Gasteiger partial charge in [-0.15, -0.1) is 0 Å². The van der Waals surface area contributed by atoms with Gasteiger partial charge < -0.3 is 15.7 Å². The maximum atomic E-state index is 9.66. The summed E-state index contributed by atoms with van der Waals surface area (Å²) in [4.78, 5) is 2.32. The van der Waals surface area contributed by atoms with Crippen molar-refractivity contribution in [1.82, 2.24) is 4.90 Å². The number of hydrogen-bond donors (Lipinski definition) is 2. The maximum Gasteiger partial charge on any atom is 0.0718 e. The number of β-amino-alcohol motifs (C(OH)–C–C–N with tert-alkyl or cyclic N) is 1. The van der Waals surface area contributed by atoms with Crippen LogP contribution in [0.1, 0.15) is 26.7 Å². The van der Waals surface area contributed by atoms with Crippen LogP contribution < -0.4 is 5.73 Å². The summed E-state index contributed by atoms with van der Waals surface area (Å²) < 4.78 is 0. The number of likely N-dealkylation sites (tertiary alicyclic amines) is 1. The van der Waals surface area contributed by atoms with Crippen molar-refractivity contribution in [2.24, 2.45) is 11.7 Å². The molecule has 3 N–H and O–H groups in total. The van der Waals surface area contributed by atoms with Crippen molar-refractivity contribution in [3.63, 3.8) is 0 Å². The average molecular weight is 186 g/mol. The Hall–Kier alpha value is -0.120. The number of piperidine rings is 1. The molecular weight excluding hydrogens is 164 g/mol. The molecule has 0 amide bonds. The molecule has 0 radical (unpaired) electrons. The molecular formula is C10H22N2O.